The quantitative estimate of drug-likeness (QED) is 0.513. The number of piperidine rings is 1. The molecular formula is C17H25ClN8O3. The zero-order valence-electron chi connectivity index (χ0n) is 16.6. The second-order valence-corrected chi connectivity index (χ2v) is 8.48. The van der Waals surface area contributed by atoms with Crippen LogP contribution in [0.15, 0.2) is 4.99 Å². The zero-order chi connectivity index (χ0) is 21.4. The Balaban J connectivity index is 1.56. The van der Waals surface area contributed by atoms with E-state index in [0.717, 1.165) is 0 Å². The monoisotopic (exact) mass is 424 g/mol. The van der Waals surface area contributed by atoms with Crippen molar-refractivity contribution >= 4 is 41.2 Å². The number of nitrogens with zero attached hydrogens (tertiary/aromatic N) is 4. The molecule has 0 bridgehead atoms. The fourth-order valence-corrected chi connectivity index (χ4v) is 3.26. The summed E-state index contributed by atoms with van der Waals surface area (Å²) in [6, 6.07) is 0. The topological polar surface area (TPSA) is 161 Å². The van der Waals surface area contributed by atoms with Gasteiger partial charge in [0.25, 0.3) is 5.91 Å². The van der Waals surface area contributed by atoms with Gasteiger partial charge >= 0.3 is 6.09 Å². The Morgan fingerprint density at radius 2 is 1.86 bits per heavy atom. The summed E-state index contributed by atoms with van der Waals surface area (Å²) < 4.78 is 5.42. The van der Waals surface area contributed by atoms with Gasteiger partial charge in [0.1, 0.15) is 5.60 Å². The van der Waals surface area contributed by atoms with Crippen molar-refractivity contribution in [1.82, 2.24) is 25.5 Å². The minimum absolute atomic E-state index is 0.0484. The fraction of sp³-hybridized carbons (Fsp3) is 0.588. The second-order valence-electron chi connectivity index (χ2n) is 8.13. The lowest BCUT2D eigenvalue weighted by Gasteiger charge is -2.39. The van der Waals surface area contributed by atoms with Crippen LogP contribution in [-0.4, -0.2) is 63.6 Å². The maximum Gasteiger partial charge on any atom is 0.410 e. The normalized spacial score (nSPS) is 18.2. The van der Waals surface area contributed by atoms with E-state index < -0.39 is 11.5 Å². The minimum atomic E-state index is -0.591. The summed E-state index contributed by atoms with van der Waals surface area (Å²) in [5, 5.41) is 5.78. The molecule has 2 aliphatic rings. The zero-order valence-corrected chi connectivity index (χ0v) is 17.3. The van der Waals surface area contributed by atoms with Crippen molar-refractivity contribution in [1.29, 1.82) is 0 Å². The molecule has 2 amide bonds. The van der Waals surface area contributed by atoms with Crippen LogP contribution in [0.2, 0.25) is 5.15 Å². The number of ether oxygens (including phenoxy) is 1. The van der Waals surface area contributed by atoms with E-state index in [1.807, 2.05) is 20.8 Å². The molecule has 0 radical (unpaired) electrons. The second kappa shape index (κ2) is 7.54. The first kappa shape index (κ1) is 20.9. The van der Waals surface area contributed by atoms with Crippen molar-refractivity contribution in [2.24, 2.45) is 4.99 Å². The van der Waals surface area contributed by atoms with Gasteiger partial charge in [-0.1, -0.05) is 11.6 Å². The van der Waals surface area contributed by atoms with Gasteiger partial charge in [-0.15, -0.1) is 0 Å². The number of nitrogen functional groups attached to an aromatic ring is 2. The van der Waals surface area contributed by atoms with Gasteiger partial charge in [0, 0.05) is 13.1 Å². The Labute approximate surface area is 173 Å². The van der Waals surface area contributed by atoms with Crippen LogP contribution < -0.4 is 22.1 Å². The molecule has 12 heteroatoms. The van der Waals surface area contributed by atoms with E-state index in [-0.39, 0.29) is 34.1 Å². The van der Waals surface area contributed by atoms with Crippen molar-refractivity contribution in [2.75, 3.05) is 31.1 Å². The number of carbonyl (C=O) groups excluding carboxylic acids is 2. The van der Waals surface area contributed by atoms with Crippen LogP contribution in [0.3, 0.4) is 0 Å². The standard InChI is InChI=1S/C17H25ClN8O3/c1-16(2,3)29-15(28)26-6-4-17(5-7-26)8-21-14(25-17)24-13(27)9-11(19)23-12(20)10(18)22-9/h4-8H2,1-3H3,(H4,19,20,23)(H2,21,24,25,27). The van der Waals surface area contributed by atoms with E-state index in [4.69, 9.17) is 27.8 Å². The number of hydrogen-bond acceptors (Lipinski definition) is 9. The predicted octanol–water partition coefficient (Wildman–Crippen LogP) is 0.753. The number of anilines is 2. The van der Waals surface area contributed by atoms with Crippen molar-refractivity contribution in [2.45, 2.75) is 44.8 Å². The molecule has 0 aromatic carbocycles. The molecule has 0 unspecified atom stereocenters. The number of guanidine groups is 1. The molecule has 0 aliphatic carbocycles. The first-order valence-corrected chi connectivity index (χ1v) is 9.56. The number of rotatable bonds is 1. The molecule has 0 atom stereocenters. The SMILES string of the molecule is CC(C)(C)OC(=O)N1CCC2(CC1)CN=C(NC(=O)c1nc(Cl)c(N)nc1N)N2. The molecule has 1 spiro atoms. The van der Waals surface area contributed by atoms with Gasteiger partial charge in [0.2, 0.25) is 0 Å². The van der Waals surface area contributed by atoms with E-state index in [2.05, 4.69) is 25.6 Å². The Kier molecular flexibility index (Phi) is 5.44. The number of amides is 2. The molecule has 1 aromatic rings. The predicted molar refractivity (Wildman–Crippen MR) is 109 cm³/mol. The number of aliphatic imine (C=N–C) groups is 1. The molecule has 29 heavy (non-hydrogen) atoms. The van der Waals surface area contributed by atoms with Crippen LogP contribution in [0, 0.1) is 0 Å². The number of hydrogen-bond donors (Lipinski definition) is 4. The third-order valence-corrected chi connectivity index (χ3v) is 4.93. The first-order chi connectivity index (χ1) is 13.5. The molecule has 11 nitrogen and oxygen atoms in total. The minimum Gasteiger partial charge on any atom is -0.444 e. The molecule has 3 heterocycles. The van der Waals surface area contributed by atoms with Crippen LogP contribution in [0.5, 0.6) is 0 Å². The Bertz CT molecular complexity index is 859. The van der Waals surface area contributed by atoms with Gasteiger partial charge in [0.15, 0.2) is 28.4 Å². The maximum atomic E-state index is 12.4. The van der Waals surface area contributed by atoms with E-state index in [1.54, 1.807) is 4.90 Å². The lowest BCUT2D eigenvalue weighted by atomic mass is 9.88. The number of nitrogens with one attached hydrogen (secondary N) is 2. The van der Waals surface area contributed by atoms with Crippen LogP contribution >= 0.6 is 11.6 Å². The Hall–Kier alpha value is -2.82. The van der Waals surface area contributed by atoms with Crippen molar-refractivity contribution in [3.8, 4) is 0 Å². The van der Waals surface area contributed by atoms with E-state index in [0.29, 0.717) is 38.4 Å². The van der Waals surface area contributed by atoms with Gasteiger partial charge in [-0.2, -0.15) is 0 Å². The summed E-state index contributed by atoms with van der Waals surface area (Å²) in [5.74, 6) is -0.447. The molecule has 1 aromatic heterocycles. The van der Waals surface area contributed by atoms with Crippen molar-refractivity contribution in [3.63, 3.8) is 0 Å². The van der Waals surface area contributed by atoms with Gasteiger partial charge in [0.05, 0.1) is 12.1 Å². The Morgan fingerprint density at radius 3 is 2.48 bits per heavy atom. The number of aromatic nitrogens is 2. The fourth-order valence-electron chi connectivity index (χ4n) is 3.13. The molecule has 6 N–H and O–H groups in total. The number of halogens is 1. The first-order valence-electron chi connectivity index (χ1n) is 9.18. The number of likely N-dealkylation sites (tertiary alicyclic amines) is 1. The van der Waals surface area contributed by atoms with Crippen LogP contribution in [0.1, 0.15) is 44.1 Å². The highest BCUT2D eigenvalue weighted by molar-refractivity contribution is 6.31. The number of carbonyl (C=O) groups is 2. The van der Waals surface area contributed by atoms with E-state index in [1.165, 1.54) is 0 Å². The highest BCUT2D eigenvalue weighted by atomic mass is 35.5. The molecular weight excluding hydrogens is 400 g/mol. The lowest BCUT2D eigenvalue weighted by Crippen LogP contribution is -2.57. The van der Waals surface area contributed by atoms with Gasteiger partial charge in [-0.3, -0.25) is 15.1 Å². The molecule has 1 saturated heterocycles. The highest BCUT2D eigenvalue weighted by Crippen LogP contribution is 2.27. The summed E-state index contributed by atoms with van der Waals surface area (Å²) in [6.45, 7) is 7.05. The maximum absolute atomic E-state index is 12.4. The Morgan fingerprint density at radius 1 is 1.21 bits per heavy atom. The summed E-state index contributed by atoms with van der Waals surface area (Å²) in [6.07, 6.45) is 1.02. The van der Waals surface area contributed by atoms with Gasteiger partial charge in [-0.25, -0.2) is 14.8 Å². The molecule has 158 valence electrons. The largest absolute Gasteiger partial charge is 0.444 e. The van der Waals surface area contributed by atoms with Crippen LogP contribution in [0.25, 0.3) is 0 Å². The third-order valence-electron chi connectivity index (χ3n) is 4.65. The summed E-state index contributed by atoms with van der Waals surface area (Å²) in [5.41, 5.74) is 10.2. The van der Waals surface area contributed by atoms with E-state index in [9.17, 15) is 9.59 Å². The average Bonchev–Trinajstić information content (AvgIpc) is 2.99. The molecule has 2 aliphatic heterocycles. The van der Waals surface area contributed by atoms with Crippen molar-refractivity contribution < 1.29 is 14.3 Å². The number of nitrogens with two attached hydrogens (primary N) is 2. The lowest BCUT2D eigenvalue weighted by molar-refractivity contribution is 0.0167. The average molecular weight is 425 g/mol. The van der Waals surface area contributed by atoms with Gasteiger partial charge < -0.3 is 26.4 Å². The molecule has 3 rings (SSSR count). The van der Waals surface area contributed by atoms with Crippen molar-refractivity contribution in [3.05, 3.63) is 10.8 Å². The summed E-state index contributed by atoms with van der Waals surface area (Å²) in [7, 11) is 0. The third kappa shape index (κ3) is 4.78. The summed E-state index contributed by atoms with van der Waals surface area (Å²) >= 11 is 5.82. The summed E-state index contributed by atoms with van der Waals surface area (Å²) in [4.78, 5) is 38.4. The van der Waals surface area contributed by atoms with Crippen LogP contribution in [0.4, 0.5) is 16.4 Å². The molecule has 1 fully saturated rings. The van der Waals surface area contributed by atoms with Gasteiger partial charge in [-0.05, 0) is 33.6 Å². The van der Waals surface area contributed by atoms with Crippen LogP contribution in [-0.2, 0) is 4.74 Å². The molecule has 0 saturated carbocycles. The smallest absolute Gasteiger partial charge is 0.410 e. The highest BCUT2D eigenvalue weighted by Gasteiger charge is 2.41. The van der Waals surface area contributed by atoms with E-state index >= 15 is 0 Å².